The Morgan fingerprint density at radius 3 is 2.27 bits per heavy atom. The van der Waals surface area contributed by atoms with Gasteiger partial charge in [0.15, 0.2) is 0 Å². The van der Waals surface area contributed by atoms with Gasteiger partial charge in [0, 0.05) is 17.1 Å². The van der Waals surface area contributed by atoms with Crippen LogP contribution in [0.2, 0.25) is 5.02 Å². The van der Waals surface area contributed by atoms with Crippen LogP contribution in [0, 0.1) is 0 Å². The number of benzene rings is 2. The number of carboxylic acids is 1. The van der Waals surface area contributed by atoms with Crippen LogP contribution in [0.5, 0.6) is 0 Å². The summed E-state index contributed by atoms with van der Waals surface area (Å²) in [4.78, 5) is 46.9. The summed E-state index contributed by atoms with van der Waals surface area (Å²) < 4.78 is 0. The number of anilines is 1. The van der Waals surface area contributed by atoms with Crippen molar-refractivity contribution in [3.63, 3.8) is 0 Å². The summed E-state index contributed by atoms with van der Waals surface area (Å²) in [7, 11) is 0. The zero-order valence-corrected chi connectivity index (χ0v) is 16.6. The van der Waals surface area contributed by atoms with Gasteiger partial charge in [-0.25, -0.2) is 9.59 Å². The lowest BCUT2D eigenvalue weighted by Crippen LogP contribution is -2.48. The Kier molecular flexibility index (Phi) is 8.64. The number of rotatable bonds is 9. The monoisotopic (exact) mass is 432 g/mol. The standard InChI is InChI=1S/C20H21ClN4O5/c21-14-7-4-8-15(10-14)24-20(30)23-11-17(26)22-12-18(27)25-16(19(28)29)9-13-5-2-1-3-6-13/h1-8,10,16H,9,11-12H2,(H,22,26)(H,25,27)(H,28,29)(H2,23,24,30)/t16-/m1/s1. The molecular weight excluding hydrogens is 412 g/mol. The molecule has 0 saturated carbocycles. The summed E-state index contributed by atoms with van der Waals surface area (Å²) in [5.74, 6) is -2.45. The normalized spacial score (nSPS) is 11.1. The van der Waals surface area contributed by atoms with Crippen molar-refractivity contribution < 1.29 is 24.3 Å². The van der Waals surface area contributed by atoms with Crippen molar-refractivity contribution in [2.45, 2.75) is 12.5 Å². The number of hydrogen-bond donors (Lipinski definition) is 5. The Bertz CT molecular complexity index is 907. The van der Waals surface area contributed by atoms with E-state index in [0.717, 1.165) is 5.56 Å². The number of nitrogens with one attached hydrogen (secondary N) is 4. The lowest BCUT2D eigenvalue weighted by Gasteiger charge is -2.15. The van der Waals surface area contributed by atoms with E-state index in [4.69, 9.17) is 11.6 Å². The van der Waals surface area contributed by atoms with Crippen molar-refractivity contribution in [3.8, 4) is 0 Å². The van der Waals surface area contributed by atoms with E-state index in [1.807, 2.05) is 0 Å². The highest BCUT2D eigenvalue weighted by molar-refractivity contribution is 6.30. The average molecular weight is 433 g/mol. The topological polar surface area (TPSA) is 137 Å². The van der Waals surface area contributed by atoms with Gasteiger partial charge in [0.25, 0.3) is 0 Å². The SMILES string of the molecule is O=C(CNC(=O)Nc1cccc(Cl)c1)NCC(=O)N[C@H](Cc1ccccc1)C(=O)O. The maximum atomic E-state index is 12.0. The maximum Gasteiger partial charge on any atom is 0.326 e. The molecule has 0 aliphatic rings. The molecular formula is C20H21ClN4O5. The van der Waals surface area contributed by atoms with Crippen molar-refractivity contribution in [3.05, 3.63) is 65.2 Å². The first-order valence-corrected chi connectivity index (χ1v) is 9.34. The molecule has 0 aliphatic heterocycles. The zero-order chi connectivity index (χ0) is 21.9. The van der Waals surface area contributed by atoms with Crippen molar-refractivity contribution in [2.24, 2.45) is 0 Å². The highest BCUT2D eigenvalue weighted by Gasteiger charge is 2.20. The highest BCUT2D eigenvalue weighted by atomic mass is 35.5. The molecule has 0 fully saturated rings. The molecule has 0 heterocycles. The predicted octanol–water partition coefficient (Wildman–Crippen LogP) is 1.39. The fraction of sp³-hybridized carbons (Fsp3) is 0.200. The average Bonchev–Trinajstić information content (AvgIpc) is 2.71. The molecule has 10 heteroatoms. The second-order valence-corrected chi connectivity index (χ2v) is 6.68. The van der Waals surface area contributed by atoms with E-state index in [-0.39, 0.29) is 13.0 Å². The van der Waals surface area contributed by atoms with Gasteiger partial charge in [0.2, 0.25) is 11.8 Å². The highest BCUT2D eigenvalue weighted by Crippen LogP contribution is 2.14. The maximum absolute atomic E-state index is 12.0. The van der Waals surface area contributed by atoms with Crippen LogP contribution in [0.25, 0.3) is 0 Å². The van der Waals surface area contributed by atoms with E-state index in [1.54, 1.807) is 54.6 Å². The molecule has 0 radical (unpaired) electrons. The summed E-state index contributed by atoms with van der Waals surface area (Å²) in [5.41, 5.74) is 1.21. The minimum Gasteiger partial charge on any atom is -0.480 e. The molecule has 0 unspecified atom stereocenters. The third kappa shape index (κ3) is 8.19. The largest absolute Gasteiger partial charge is 0.480 e. The van der Waals surface area contributed by atoms with Gasteiger partial charge in [-0.2, -0.15) is 0 Å². The molecule has 2 rings (SSSR count). The number of carboxylic acid groups (broad SMARTS) is 1. The van der Waals surface area contributed by atoms with Crippen LogP contribution in [-0.2, 0) is 20.8 Å². The summed E-state index contributed by atoms with van der Waals surface area (Å²) >= 11 is 5.82. The molecule has 0 aliphatic carbocycles. The fourth-order valence-electron chi connectivity index (χ4n) is 2.44. The van der Waals surface area contributed by atoms with E-state index in [9.17, 15) is 24.3 Å². The molecule has 30 heavy (non-hydrogen) atoms. The van der Waals surface area contributed by atoms with Gasteiger partial charge in [-0.05, 0) is 23.8 Å². The van der Waals surface area contributed by atoms with Crippen molar-refractivity contribution in [2.75, 3.05) is 18.4 Å². The number of amides is 4. The van der Waals surface area contributed by atoms with Crippen molar-refractivity contribution >= 4 is 41.1 Å². The minimum absolute atomic E-state index is 0.112. The first kappa shape index (κ1) is 22.7. The molecule has 0 spiro atoms. The van der Waals surface area contributed by atoms with Crippen LogP contribution in [0.15, 0.2) is 54.6 Å². The van der Waals surface area contributed by atoms with E-state index in [0.29, 0.717) is 10.7 Å². The number of carbonyl (C=O) groups excluding carboxylic acids is 3. The molecule has 1 atom stereocenters. The lowest BCUT2D eigenvalue weighted by molar-refractivity contribution is -0.141. The van der Waals surface area contributed by atoms with E-state index in [1.165, 1.54) is 0 Å². The number of urea groups is 1. The van der Waals surface area contributed by atoms with Gasteiger partial charge >= 0.3 is 12.0 Å². The minimum atomic E-state index is -1.18. The number of halogens is 1. The van der Waals surface area contributed by atoms with Gasteiger partial charge < -0.3 is 26.4 Å². The summed E-state index contributed by atoms with van der Waals surface area (Å²) in [6.07, 6.45) is 0.112. The van der Waals surface area contributed by atoms with Crippen LogP contribution in [0.1, 0.15) is 5.56 Å². The van der Waals surface area contributed by atoms with Crippen molar-refractivity contribution in [1.29, 1.82) is 0 Å². The first-order chi connectivity index (χ1) is 14.3. The number of carbonyl (C=O) groups is 4. The molecule has 158 valence electrons. The molecule has 0 aromatic heterocycles. The Labute approximate surface area is 177 Å². The zero-order valence-electron chi connectivity index (χ0n) is 15.9. The quantitative estimate of drug-likeness (QED) is 0.408. The van der Waals surface area contributed by atoms with E-state index >= 15 is 0 Å². The Morgan fingerprint density at radius 1 is 0.900 bits per heavy atom. The third-order valence-corrected chi connectivity index (χ3v) is 4.09. The Hall–Kier alpha value is -3.59. The second-order valence-electron chi connectivity index (χ2n) is 6.24. The molecule has 2 aromatic carbocycles. The molecule has 2 aromatic rings. The summed E-state index contributed by atoms with van der Waals surface area (Å²) in [5, 5.41) is 19.2. The van der Waals surface area contributed by atoms with Gasteiger partial charge in [-0.15, -0.1) is 0 Å². The molecule has 0 bridgehead atoms. The number of aliphatic carboxylic acids is 1. The smallest absolute Gasteiger partial charge is 0.326 e. The van der Waals surface area contributed by atoms with Gasteiger partial charge in [0.05, 0.1) is 13.1 Å². The Morgan fingerprint density at radius 2 is 1.60 bits per heavy atom. The van der Waals surface area contributed by atoms with Crippen LogP contribution in [0.4, 0.5) is 10.5 Å². The van der Waals surface area contributed by atoms with E-state index in [2.05, 4.69) is 21.3 Å². The van der Waals surface area contributed by atoms with Crippen LogP contribution < -0.4 is 21.3 Å². The summed E-state index contributed by atoms with van der Waals surface area (Å²) in [6.45, 7) is -0.791. The fourth-order valence-corrected chi connectivity index (χ4v) is 2.63. The lowest BCUT2D eigenvalue weighted by atomic mass is 10.1. The molecule has 9 nitrogen and oxygen atoms in total. The van der Waals surface area contributed by atoms with Crippen molar-refractivity contribution in [1.82, 2.24) is 16.0 Å². The molecule has 0 saturated heterocycles. The van der Waals surface area contributed by atoms with Gasteiger partial charge in [0.1, 0.15) is 6.04 Å². The van der Waals surface area contributed by atoms with Gasteiger partial charge in [-0.3, -0.25) is 9.59 Å². The number of hydrogen-bond acceptors (Lipinski definition) is 4. The Balaban J connectivity index is 1.71. The summed E-state index contributed by atoms with van der Waals surface area (Å²) in [6, 6.07) is 13.6. The first-order valence-electron chi connectivity index (χ1n) is 8.96. The van der Waals surface area contributed by atoms with Crippen LogP contribution >= 0.6 is 11.6 Å². The van der Waals surface area contributed by atoms with Crippen LogP contribution in [0.3, 0.4) is 0 Å². The molecule has 4 amide bonds. The second kappa shape index (κ2) is 11.4. The third-order valence-electron chi connectivity index (χ3n) is 3.85. The van der Waals surface area contributed by atoms with E-state index < -0.39 is 36.4 Å². The van der Waals surface area contributed by atoms with Gasteiger partial charge in [-0.1, -0.05) is 48.0 Å². The van der Waals surface area contributed by atoms with Crippen LogP contribution in [-0.4, -0.2) is 48.1 Å². The predicted molar refractivity (Wildman–Crippen MR) is 111 cm³/mol. The molecule has 5 N–H and O–H groups in total.